The van der Waals surface area contributed by atoms with Gasteiger partial charge in [0.2, 0.25) is 0 Å². The molecule has 2 aliphatic heterocycles. The molecule has 1 fully saturated rings. The van der Waals surface area contributed by atoms with Crippen molar-refractivity contribution >= 4 is 35.1 Å². The molecule has 0 bridgehead atoms. The first-order chi connectivity index (χ1) is 19.7. The second-order valence-corrected chi connectivity index (χ2v) is 11.3. The molecule has 2 aliphatic rings. The Kier molecular flexibility index (Phi) is 10.7. The summed E-state index contributed by atoms with van der Waals surface area (Å²) in [5.41, 5.74) is 3.54. The van der Waals surface area contributed by atoms with Crippen molar-refractivity contribution in [2.24, 2.45) is 0 Å². The van der Waals surface area contributed by atoms with E-state index in [2.05, 4.69) is 54.3 Å². The number of hydrogen-bond donors (Lipinski definition) is 2. The highest BCUT2D eigenvalue weighted by Crippen LogP contribution is 2.38. The lowest BCUT2D eigenvalue weighted by molar-refractivity contribution is -0.159. The molecule has 0 saturated carbocycles. The predicted octanol–water partition coefficient (Wildman–Crippen LogP) is 6.89. The van der Waals surface area contributed by atoms with Crippen molar-refractivity contribution < 1.29 is 29.3 Å². The molecule has 0 amide bonds. The number of likely N-dealkylation sites (tertiary alicyclic amines) is 1. The lowest BCUT2D eigenvalue weighted by Gasteiger charge is -2.43. The summed E-state index contributed by atoms with van der Waals surface area (Å²) >= 11 is 12.3. The zero-order chi connectivity index (χ0) is 29.4. The van der Waals surface area contributed by atoms with Gasteiger partial charge in [0.15, 0.2) is 0 Å². The Hall–Kier alpha value is -3.10. The van der Waals surface area contributed by atoms with Gasteiger partial charge in [0, 0.05) is 34.6 Å². The summed E-state index contributed by atoms with van der Waals surface area (Å²) < 4.78 is 12.9. The quantitative estimate of drug-likeness (QED) is 0.298. The number of ether oxygens (including phenoxy) is 2. The molecule has 9 heteroatoms. The number of carbonyl (C=O) groups is 2. The van der Waals surface area contributed by atoms with E-state index in [9.17, 15) is 0 Å². The summed E-state index contributed by atoms with van der Waals surface area (Å²) in [6.07, 6.45) is 4.25. The molecule has 218 valence electrons. The van der Waals surface area contributed by atoms with Crippen LogP contribution in [0.2, 0.25) is 10.0 Å². The normalized spacial score (nSPS) is 18.0. The van der Waals surface area contributed by atoms with Gasteiger partial charge >= 0.3 is 11.9 Å². The number of piperidine rings is 1. The van der Waals surface area contributed by atoms with Crippen LogP contribution < -0.4 is 4.74 Å². The first-order valence-electron chi connectivity index (χ1n) is 13.7. The van der Waals surface area contributed by atoms with Crippen LogP contribution in [0.5, 0.6) is 5.75 Å². The molecule has 1 spiro atoms. The standard InChI is InChI=1S/C30H33Cl2NO2.C2H2O4/c1-22-30(34-21-25-5-2-3-7-29(25)35-22)16-19-33(20-17-30)18-4-6-28(23-8-12-26(31)13-9-23)24-10-14-27(32)15-11-24;3-1(4)2(5)6/h2-3,5,7-15,22,28H,4,6,16-21H2,1H3;(H,3,4)(H,5,6). The predicted molar refractivity (Wildman–Crippen MR) is 159 cm³/mol. The maximum absolute atomic E-state index is 9.10. The van der Waals surface area contributed by atoms with Gasteiger partial charge in [-0.2, -0.15) is 0 Å². The third-order valence-electron chi connectivity index (χ3n) is 7.93. The first kappa shape index (κ1) is 30.8. The maximum atomic E-state index is 9.10. The minimum absolute atomic E-state index is 0.0486. The molecule has 1 saturated heterocycles. The van der Waals surface area contributed by atoms with Gasteiger partial charge in [0.05, 0.1) is 6.61 Å². The minimum atomic E-state index is -1.82. The molecule has 5 rings (SSSR count). The fourth-order valence-electron chi connectivity index (χ4n) is 5.52. The van der Waals surface area contributed by atoms with Crippen molar-refractivity contribution in [3.8, 4) is 5.75 Å². The molecule has 2 heterocycles. The Balaban J connectivity index is 0.000000585. The van der Waals surface area contributed by atoms with Gasteiger partial charge in [0.1, 0.15) is 17.5 Å². The summed E-state index contributed by atoms with van der Waals surface area (Å²) in [5.74, 6) is -2.35. The van der Waals surface area contributed by atoms with Crippen LogP contribution in [0.25, 0.3) is 0 Å². The number of benzene rings is 3. The molecule has 0 aromatic heterocycles. The number of aliphatic carboxylic acids is 2. The highest BCUT2D eigenvalue weighted by atomic mass is 35.5. The maximum Gasteiger partial charge on any atom is 0.414 e. The van der Waals surface area contributed by atoms with Gasteiger partial charge in [-0.05, 0) is 80.6 Å². The topological polar surface area (TPSA) is 96.3 Å². The van der Waals surface area contributed by atoms with Crippen LogP contribution in [0.4, 0.5) is 0 Å². The zero-order valence-electron chi connectivity index (χ0n) is 23.0. The molecule has 1 unspecified atom stereocenters. The summed E-state index contributed by atoms with van der Waals surface area (Å²) in [6, 6.07) is 24.8. The molecule has 3 aromatic rings. The van der Waals surface area contributed by atoms with Gasteiger partial charge in [-0.1, -0.05) is 65.7 Å². The molecular weight excluding hydrogens is 565 g/mol. The van der Waals surface area contributed by atoms with Crippen LogP contribution in [-0.2, 0) is 20.9 Å². The number of fused-ring (bicyclic) bond motifs is 1. The van der Waals surface area contributed by atoms with Crippen molar-refractivity contribution in [1.82, 2.24) is 4.90 Å². The fourth-order valence-corrected chi connectivity index (χ4v) is 5.77. The highest BCUT2D eigenvalue weighted by molar-refractivity contribution is 6.30. The van der Waals surface area contributed by atoms with Gasteiger partial charge in [-0.3, -0.25) is 0 Å². The number of nitrogens with zero attached hydrogens (tertiary/aromatic N) is 1. The van der Waals surface area contributed by atoms with Gasteiger partial charge < -0.3 is 24.6 Å². The molecule has 7 nitrogen and oxygen atoms in total. The Morgan fingerprint density at radius 2 is 1.44 bits per heavy atom. The SMILES string of the molecule is CC1Oc2ccccc2COC12CCN(CCCC(c1ccc(Cl)cc1)c1ccc(Cl)cc1)CC2.O=C(O)C(=O)O. The zero-order valence-corrected chi connectivity index (χ0v) is 24.5. The van der Waals surface area contributed by atoms with Crippen LogP contribution in [0.1, 0.15) is 55.2 Å². The highest BCUT2D eigenvalue weighted by Gasteiger charge is 2.43. The molecule has 0 radical (unpaired) electrons. The Morgan fingerprint density at radius 3 is 1.98 bits per heavy atom. The molecular formula is C32H35Cl2NO6. The number of para-hydroxylation sites is 1. The Morgan fingerprint density at radius 1 is 0.902 bits per heavy atom. The summed E-state index contributed by atoms with van der Waals surface area (Å²) in [7, 11) is 0. The number of hydrogen-bond acceptors (Lipinski definition) is 5. The van der Waals surface area contributed by atoms with Crippen molar-refractivity contribution in [1.29, 1.82) is 0 Å². The summed E-state index contributed by atoms with van der Waals surface area (Å²) in [6.45, 7) is 5.96. The number of halogens is 2. The van der Waals surface area contributed by atoms with Gasteiger partial charge in [-0.25, -0.2) is 9.59 Å². The van der Waals surface area contributed by atoms with Crippen molar-refractivity contribution in [3.63, 3.8) is 0 Å². The lowest BCUT2D eigenvalue weighted by atomic mass is 9.85. The van der Waals surface area contributed by atoms with E-state index in [0.29, 0.717) is 12.5 Å². The van der Waals surface area contributed by atoms with E-state index in [0.717, 1.165) is 66.7 Å². The molecule has 1 atom stereocenters. The average Bonchev–Trinajstić information content (AvgIpc) is 3.10. The van der Waals surface area contributed by atoms with Crippen molar-refractivity contribution in [2.45, 2.75) is 56.8 Å². The van der Waals surface area contributed by atoms with Gasteiger partial charge in [-0.15, -0.1) is 0 Å². The molecule has 3 aromatic carbocycles. The number of rotatable bonds is 6. The largest absolute Gasteiger partial charge is 0.487 e. The number of carboxylic acids is 2. The third-order valence-corrected chi connectivity index (χ3v) is 8.43. The van der Waals surface area contributed by atoms with E-state index in [-0.39, 0.29) is 11.7 Å². The van der Waals surface area contributed by atoms with Crippen LogP contribution in [-0.4, -0.2) is 58.4 Å². The molecule has 2 N–H and O–H groups in total. The van der Waals surface area contributed by atoms with E-state index in [1.165, 1.54) is 11.1 Å². The summed E-state index contributed by atoms with van der Waals surface area (Å²) in [4.78, 5) is 20.8. The van der Waals surface area contributed by atoms with Crippen LogP contribution >= 0.6 is 23.2 Å². The van der Waals surface area contributed by atoms with E-state index < -0.39 is 11.9 Å². The second kappa shape index (κ2) is 14.2. The smallest absolute Gasteiger partial charge is 0.414 e. The lowest BCUT2D eigenvalue weighted by Crippen LogP contribution is -2.53. The van der Waals surface area contributed by atoms with Crippen molar-refractivity contribution in [2.75, 3.05) is 19.6 Å². The van der Waals surface area contributed by atoms with Crippen molar-refractivity contribution in [3.05, 3.63) is 99.5 Å². The van der Waals surface area contributed by atoms with E-state index in [1.54, 1.807) is 0 Å². The molecule has 41 heavy (non-hydrogen) atoms. The van der Waals surface area contributed by atoms with E-state index >= 15 is 0 Å². The third kappa shape index (κ3) is 8.23. The van der Waals surface area contributed by atoms with E-state index in [1.807, 2.05) is 30.3 Å². The first-order valence-corrected chi connectivity index (χ1v) is 14.5. The van der Waals surface area contributed by atoms with Gasteiger partial charge in [0.25, 0.3) is 0 Å². The Labute approximate surface area is 250 Å². The number of carboxylic acid groups (broad SMARTS) is 2. The fraction of sp³-hybridized carbons (Fsp3) is 0.375. The Bertz CT molecular complexity index is 1250. The second-order valence-electron chi connectivity index (χ2n) is 10.5. The average molecular weight is 601 g/mol. The van der Waals surface area contributed by atoms with Crippen LogP contribution in [0.3, 0.4) is 0 Å². The monoisotopic (exact) mass is 599 g/mol. The summed E-state index contributed by atoms with van der Waals surface area (Å²) in [5, 5.41) is 16.3. The van der Waals surface area contributed by atoms with Crippen LogP contribution in [0.15, 0.2) is 72.8 Å². The van der Waals surface area contributed by atoms with Crippen LogP contribution in [0, 0.1) is 0 Å². The minimum Gasteiger partial charge on any atom is -0.487 e. The molecule has 0 aliphatic carbocycles. The van der Waals surface area contributed by atoms with E-state index in [4.69, 9.17) is 52.5 Å².